The highest BCUT2D eigenvalue weighted by atomic mass is 32.1. The first-order valence-electron chi connectivity index (χ1n) is 9.89. The third-order valence-electron chi connectivity index (χ3n) is 5.09. The number of nitrogens with zero attached hydrogens (tertiary/aromatic N) is 3. The SMILES string of the molecule is CCOC(=O)Cc1csc(NC(=O)CN2CCN(c3cccc(C)c3C)CC2)n1. The van der Waals surface area contributed by atoms with Gasteiger partial charge in [0.2, 0.25) is 5.91 Å². The number of hydrogen-bond donors (Lipinski definition) is 1. The second-order valence-electron chi connectivity index (χ2n) is 7.16. The van der Waals surface area contributed by atoms with Crippen LogP contribution < -0.4 is 10.2 Å². The molecule has 2 aromatic rings. The first kappa shape index (κ1) is 21.3. The molecule has 0 spiro atoms. The van der Waals surface area contributed by atoms with E-state index < -0.39 is 0 Å². The van der Waals surface area contributed by atoms with Crippen LogP contribution in [0, 0.1) is 13.8 Å². The number of carbonyl (C=O) groups excluding carboxylic acids is 2. The van der Waals surface area contributed by atoms with Gasteiger partial charge in [-0.2, -0.15) is 0 Å². The summed E-state index contributed by atoms with van der Waals surface area (Å²) in [6.45, 7) is 10.2. The first-order chi connectivity index (χ1) is 14.0. The number of aromatic nitrogens is 1. The average molecular weight is 417 g/mol. The van der Waals surface area contributed by atoms with Gasteiger partial charge in [-0.25, -0.2) is 4.98 Å². The molecule has 1 N–H and O–H groups in total. The fraction of sp³-hybridized carbons (Fsp3) is 0.476. The molecule has 0 bridgehead atoms. The molecule has 3 rings (SSSR count). The maximum Gasteiger partial charge on any atom is 0.311 e. The van der Waals surface area contributed by atoms with E-state index >= 15 is 0 Å². The molecule has 2 heterocycles. The molecule has 156 valence electrons. The number of aryl methyl sites for hydroxylation is 1. The number of amides is 1. The van der Waals surface area contributed by atoms with Crippen molar-refractivity contribution in [3.63, 3.8) is 0 Å². The molecule has 1 aliphatic heterocycles. The lowest BCUT2D eigenvalue weighted by molar-refractivity contribution is -0.142. The molecular weight excluding hydrogens is 388 g/mol. The Balaban J connectivity index is 1.46. The monoisotopic (exact) mass is 416 g/mol. The zero-order chi connectivity index (χ0) is 20.8. The van der Waals surface area contributed by atoms with Crippen LogP contribution in [0.5, 0.6) is 0 Å². The zero-order valence-electron chi connectivity index (χ0n) is 17.2. The highest BCUT2D eigenvalue weighted by Crippen LogP contribution is 2.24. The Hall–Kier alpha value is -2.45. The minimum Gasteiger partial charge on any atom is -0.466 e. The maximum absolute atomic E-state index is 12.4. The Morgan fingerprint density at radius 1 is 1.21 bits per heavy atom. The lowest BCUT2D eigenvalue weighted by atomic mass is 10.1. The summed E-state index contributed by atoms with van der Waals surface area (Å²) in [5.74, 6) is -0.389. The van der Waals surface area contributed by atoms with Crippen LogP contribution in [0.4, 0.5) is 10.8 Å². The average Bonchev–Trinajstić information content (AvgIpc) is 3.11. The summed E-state index contributed by atoms with van der Waals surface area (Å²) in [5, 5.41) is 5.13. The van der Waals surface area contributed by atoms with E-state index in [1.54, 1.807) is 12.3 Å². The minimum absolute atomic E-state index is 0.0813. The van der Waals surface area contributed by atoms with Crippen LogP contribution in [0.15, 0.2) is 23.6 Å². The molecular formula is C21H28N4O3S. The molecule has 1 saturated heterocycles. The van der Waals surface area contributed by atoms with Crippen molar-refractivity contribution in [2.24, 2.45) is 0 Å². The Morgan fingerprint density at radius 3 is 2.69 bits per heavy atom. The predicted molar refractivity (Wildman–Crippen MR) is 116 cm³/mol. The van der Waals surface area contributed by atoms with E-state index in [0.29, 0.717) is 24.0 Å². The van der Waals surface area contributed by atoms with E-state index in [1.165, 1.54) is 28.2 Å². The van der Waals surface area contributed by atoms with E-state index in [9.17, 15) is 9.59 Å². The summed E-state index contributed by atoms with van der Waals surface area (Å²) in [6, 6.07) is 6.40. The normalized spacial score (nSPS) is 14.7. The van der Waals surface area contributed by atoms with Crippen molar-refractivity contribution in [1.82, 2.24) is 9.88 Å². The van der Waals surface area contributed by atoms with Crippen LogP contribution in [-0.2, 0) is 20.7 Å². The highest BCUT2D eigenvalue weighted by Gasteiger charge is 2.21. The van der Waals surface area contributed by atoms with Gasteiger partial charge in [0, 0.05) is 37.2 Å². The van der Waals surface area contributed by atoms with Gasteiger partial charge in [-0.15, -0.1) is 11.3 Å². The van der Waals surface area contributed by atoms with Gasteiger partial charge in [-0.3, -0.25) is 14.5 Å². The molecule has 0 radical (unpaired) electrons. The molecule has 0 unspecified atom stereocenters. The Morgan fingerprint density at radius 2 is 1.97 bits per heavy atom. The number of ether oxygens (including phenoxy) is 1. The van der Waals surface area contributed by atoms with Crippen molar-refractivity contribution < 1.29 is 14.3 Å². The fourth-order valence-corrected chi connectivity index (χ4v) is 4.12. The molecule has 0 atom stereocenters. The topological polar surface area (TPSA) is 74.8 Å². The van der Waals surface area contributed by atoms with E-state index in [-0.39, 0.29) is 18.3 Å². The Labute approximate surface area is 175 Å². The molecule has 1 aromatic carbocycles. The largest absolute Gasteiger partial charge is 0.466 e. The summed E-state index contributed by atoms with van der Waals surface area (Å²) >= 11 is 1.32. The van der Waals surface area contributed by atoms with Crippen molar-refractivity contribution in [2.45, 2.75) is 27.2 Å². The van der Waals surface area contributed by atoms with Gasteiger partial charge in [0.15, 0.2) is 5.13 Å². The number of benzene rings is 1. The molecule has 29 heavy (non-hydrogen) atoms. The molecule has 1 amide bonds. The molecule has 7 nitrogen and oxygen atoms in total. The number of anilines is 2. The number of rotatable bonds is 7. The van der Waals surface area contributed by atoms with E-state index in [2.05, 4.69) is 52.1 Å². The second-order valence-corrected chi connectivity index (χ2v) is 8.01. The quantitative estimate of drug-likeness (QED) is 0.700. The number of hydrogen-bond acceptors (Lipinski definition) is 7. The molecule has 0 aliphatic carbocycles. The third kappa shape index (κ3) is 5.77. The standard InChI is InChI=1S/C21H28N4O3S/c1-4-28-20(27)12-17-14-29-21(22-17)23-19(26)13-24-8-10-25(11-9-24)18-7-5-6-15(2)16(18)3/h5-7,14H,4,8-13H2,1-3H3,(H,22,23,26). The van der Waals surface area contributed by atoms with Crippen LogP contribution in [0.1, 0.15) is 23.7 Å². The fourth-order valence-electron chi connectivity index (χ4n) is 3.39. The van der Waals surface area contributed by atoms with E-state index in [4.69, 9.17) is 4.74 Å². The summed E-state index contributed by atoms with van der Waals surface area (Å²) < 4.78 is 4.92. The minimum atomic E-state index is -0.308. The number of carbonyl (C=O) groups is 2. The van der Waals surface area contributed by atoms with Gasteiger partial charge in [0.25, 0.3) is 0 Å². The van der Waals surface area contributed by atoms with Crippen molar-refractivity contribution >= 4 is 34.0 Å². The van der Waals surface area contributed by atoms with Gasteiger partial charge in [0.1, 0.15) is 0 Å². The van der Waals surface area contributed by atoms with Crippen molar-refractivity contribution in [3.05, 3.63) is 40.4 Å². The molecule has 1 aromatic heterocycles. The van der Waals surface area contributed by atoms with Crippen LogP contribution in [0.25, 0.3) is 0 Å². The van der Waals surface area contributed by atoms with Crippen molar-refractivity contribution in [1.29, 1.82) is 0 Å². The molecule has 1 aliphatic rings. The van der Waals surface area contributed by atoms with Gasteiger partial charge in [0.05, 0.1) is 25.3 Å². The number of thiazole rings is 1. The van der Waals surface area contributed by atoms with Gasteiger partial charge in [-0.1, -0.05) is 12.1 Å². The van der Waals surface area contributed by atoms with E-state index in [0.717, 1.165) is 26.2 Å². The molecule has 1 fully saturated rings. The summed E-state index contributed by atoms with van der Waals surface area (Å²) in [7, 11) is 0. The zero-order valence-corrected chi connectivity index (χ0v) is 18.1. The number of nitrogens with one attached hydrogen (secondary N) is 1. The number of piperazine rings is 1. The smallest absolute Gasteiger partial charge is 0.311 e. The predicted octanol–water partition coefficient (Wildman–Crippen LogP) is 2.63. The van der Waals surface area contributed by atoms with Crippen molar-refractivity contribution in [2.75, 3.05) is 49.5 Å². The summed E-state index contributed by atoms with van der Waals surface area (Å²) in [4.78, 5) is 32.7. The maximum atomic E-state index is 12.4. The van der Waals surface area contributed by atoms with Crippen LogP contribution in [0.2, 0.25) is 0 Å². The van der Waals surface area contributed by atoms with E-state index in [1.807, 2.05) is 0 Å². The summed E-state index contributed by atoms with van der Waals surface area (Å²) in [6.07, 6.45) is 0.126. The van der Waals surface area contributed by atoms with Crippen LogP contribution >= 0.6 is 11.3 Å². The molecule has 0 saturated carbocycles. The highest BCUT2D eigenvalue weighted by molar-refractivity contribution is 7.13. The number of esters is 1. The third-order valence-corrected chi connectivity index (χ3v) is 5.89. The van der Waals surface area contributed by atoms with Gasteiger partial charge >= 0.3 is 5.97 Å². The second kappa shape index (κ2) is 9.84. The molecule has 8 heteroatoms. The lowest BCUT2D eigenvalue weighted by Gasteiger charge is -2.36. The summed E-state index contributed by atoms with van der Waals surface area (Å²) in [5.41, 5.74) is 4.52. The van der Waals surface area contributed by atoms with Gasteiger partial charge in [-0.05, 0) is 38.0 Å². The van der Waals surface area contributed by atoms with Crippen molar-refractivity contribution in [3.8, 4) is 0 Å². The Bertz CT molecular complexity index is 859. The Kier molecular flexibility index (Phi) is 7.22. The van der Waals surface area contributed by atoms with Gasteiger partial charge < -0.3 is 15.0 Å². The van der Waals surface area contributed by atoms with Crippen LogP contribution in [-0.4, -0.2) is 61.1 Å². The first-order valence-corrected chi connectivity index (χ1v) is 10.8. The van der Waals surface area contributed by atoms with Crippen LogP contribution in [0.3, 0.4) is 0 Å². The lowest BCUT2D eigenvalue weighted by Crippen LogP contribution is -2.48.